The van der Waals surface area contributed by atoms with Crippen molar-refractivity contribution in [2.75, 3.05) is 13.2 Å². The molecule has 0 aliphatic heterocycles. The minimum absolute atomic E-state index is 0.0371. The van der Waals surface area contributed by atoms with E-state index in [4.69, 9.17) is 19.5 Å². The van der Waals surface area contributed by atoms with E-state index in [1.807, 2.05) is 6.07 Å². The highest BCUT2D eigenvalue weighted by molar-refractivity contribution is 9.10. The average Bonchev–Trinajstić information content (AvgIpc) is 2.68. The van der Waals surface area contributed by atoms with Gasteiger partial charge in [0.05, 0.1) is 22.7 Å². The predicted molar refractivity (Wildman–Crippen MR) is 102 cm³/mol. The summed E-state index contributed by atoms with van der Waals surface area (Å²) in [6, 6.07) is 11.6. The molecule has 0 N–H and O–H groups in total. The van der Waals surface area contributed by atoms with Crippen molar-refractivity contribution in [3.63, 3.8) is 0 Å². The molecule has 0 saturated heterocycles. The zero-order valence-corrected chi connectivity index (χ0v) is 16.5. The number of carbonyl (C=O) groups excluding carboxylic acids is 2. The third-order valence-corrected chi connectivity index (χ3v) is 4.10. The van der Waals surface area contributed by atoms with Gasteiger partial charge in [-0.1, -0.05) is 6.92 Å². The first-order chi connectivity index (χ1) is 13.0. The van der Waals surface area contributed by atoms with E-state index in [0.717, 1.165) is 0 Å². The Hall–Kier alpha value is -2.85. The SMILES string of the molecule is CCOc1cc(C#N)cc(Br)c1OC(=O)COc1ccc(C(=O)CC)cc1. The van der Waals surface area contributed by atoms with Crippen molar-refractivity contribution in [1.29, 1.82) is 5.26 Å². The fourth-order valence-electron chi connectivity index (χ4n) is 2.22. The Morgan fingerprint density at radius 2 is 1.81 bits per heavy atom. The number of hydrogen-bond donors (Lipinski definition) is 0. The minimum atomic E-state index is -0.630. The minimum Gasteiger partial charge on any atom is -0.490 e. The van der Waals surface area contributed by atoms with Crippen LogP contribution in [0.2, 0.25) is 0 Å². The van der Waals surface area contributed by atoms with Crippen LogP contribution in [0.5, 0.6) is 17.2 Å². The number of nitriles is 1. The molecule has 0 aliphatic carbocycles. The Balaban J connectivity index is 2.03. The van der Waals surface area contributed by atoms with Gasteiger partial charge in [-0.15, -0.1) is 0 Å². The maximum absolute atomic E-state index is 12.1. The molecule has 0 bridgehead atoms. The summed E-state index contributed by atoms with van der Waals surface area (Å²) < 4.78 is 16.6. The molecular weight excluding hydrogens is 414 g/mol. The molecule has 6 nitrogen and oxygen atoms in total. The van der Waals surface area contributed by atoms with Crippen LogP contribution in [-0.4, -0.2) is 25.0 Å². The molecule has 0 aliphatic rings. The van der Waals surface area contributed by atoms with Gasteiger partial charge in [-0.25, -0.2) is 4.79 Å². The molecule has 140 valence electrons. The Morgan fingerprint density at radius 3 is 2.41 bits per heavy atom. The molecule has 0 radical (unpaired) electrons. The molecule has 2 aromatic rings. The van der Waals surface area contributed by atoms with Crippen molar-refractivity contribution in [2.24, 2.45) is 0 Å². The maximum Gasteiger partial charge on any atom is 0.349 e. The maximum atomic E-state index is 12.1. The lowest BCUT2D eigenvalue weighted by atomic mass is 10.1. The van der Waals surface area contributed by atoms with Gasteiger partial charge in [-0.05, 0) is 53.2 Å². The Labute approximate surface area is 165 Å². The van der Waals surface area contributed by atoms with Crippen molar-refractivity contribution in [3.8, 4) is 23.3 Å². The predicted octanol–water partition coefficient (Wildman–Crippen LogP) is 4.30. The quantitative estimate of drug-likeness (QED) is 0.351. The molecular formula is C20H18BrNO5. The summed E-state index contributed by atoms with van der Waals surface area (Å²) in [5, 5.41) is 9.03. The van der Waals surface area contributed by atoms with Crippen LogP contribution >= 0.6 is 15.9 Å². The molecule has 0 unspecified atom stereocenters. The number of Topliss-reactive ketones (excluding diaryl/α,β-unsaturated/α-hetero) is 1. The normalized spacial score (nSPS) is 10.0. The van der Waals surface area contributed by atoms with Crippen LogP contribution in [0.15, 0.2) is 40.9 Å². The van der Waals surface area contributed by atoms with Gasteiger partial charge >= 0.3 is 5.97 Å². The third kappa shape index (κ3) is 5.56. The van der Waals surface area contributed by atoms with E-state index >= 15 is 0 Å². The molecule has 2 rings (SSSR count). The Morgan fingerprint density at radius 1 is 1.11 bits per heavy atom. The van der Waals surface area contributed by atoms with Crippen molar-refractivity contribution >= 4 is 27.7 Å². The molecule has 0 aromatic heterocycles. The first kappa shape index (κ1) is 20.5. The van der Waals surface area contributed by atoms with Crippen molar-refractivity contribution in [3.05, 3.63) is 52.0 Å². The first-order valence-electron chi connectivity index (χ1n) is 8.31. The summed E-state index contributed by atoms with van der Waals surface area (Å²) >= 11 is 3.28. The summed E-state index contributed by atoms with van der Waals surface area (Å²) in [5.74, 6) is 0.334. The lowest BCUT2D eigenvalue weighted by Gasteiger charge is -2.13. The second-order valence-corrected chi connectivity index (χ2v) is 6.25. The summed E-state index contributed by atoms with van der Waals surface area (Å²) in [5.41, 5.74) is 0.971. The zero-order chi connectivity index (χ0) is 19.8. The molecule has 7 heteroatoms. The van der Waals surface area contributed by atoms with Gasteiger partial charge in [0.15, 0.2) is 23.9 Å². The van der Waals surface area contributed by atoms with E-state index in [1.165, 1.54) is 12.1 Å². The standard InChI is InChI=1S/C20H18BrNO5/c1-3-17(23)14-5-7-15(8-6-14)26-12-19(24)27-20-16(21)9-13(11-22)10-18(20)25-4-2/h5-10H,3-4,12H2,1-2H3. The lowest BCUT2D eigenvalue weighted by molar-refractivity contribution is -0.136. The zero-order valence-electron chi connectivity index (χ0n) is 15.0. The number of ether oxygens (including phenoxy) is 3. The van der Waals surface area contributed by atoms with Crippen LogP contribution in [0, 0.1) is 11.3 Å². The highest BCUT2D eigenvalue weighted by atomic mass is 79.9. The molecule has 0 spiro atoms. The van der Waals surface area contributed by atoms with E-state index in [1.54, 1.807) is 38.1 Å². The smallest absolute Gasteiger partial charge is 0.349 e. The van der Waals surface area contributed by atoms with Gasteiger partial charge in [0.25, 0.3) is 0 Å². The summed E-state index contributed by atoms with van der Waals surface area (Å²) in [7, 11) is 0. The molecule has 0 amide bonds. The van der Waals surface area contributed by atoms with Gasteiger partial charge < -0.3 is 14.2 Å². The van der Waals surface area contributed by atoms with Crippen LogP contribution in [0.4, 0.5) is 0 Å². The van der Waals surface area contributed by atoms with E-state index < -0.39 is 5.97 Å². The number of esters is 1. The molecule has 27 heavy (non-hydrogen) atoms. The van der Waals surface area contributed by atoms with E-state index in [2.05, 4.69) is 15.9 Å². The van der Waals surface area contributed by atoms with E-state index in [0.29, 0.717) is 40.1 Å². The van der Waals surface area contributed by atoms with Gasteiger partial charge in [-0.3, -0.25) is 4.79 Å². The van der Waals surface area contributed by atoms with Crippen LogP contribution in [0.3, 0.4) is 0 Å². The number of ketones is 1. The van der Waals surface area contributed by atoms with Crippen molar-refractivity contribution in [1.82, 2.24) is 0 Å². The summed E-state index contributed by atoms with van der Waals surface area (Å²) in [4.78, 5) is 23.7. The first-order valence-corrected chi connectivity index (χ1v) is 9.11. The van der Waals surface area contributed by atoms with E-state index in [9.17, 15) is 9.59 Å². The van der Waals surface area contributed by atoms with Crippen LogP contribution in [-0.2, 0) is 4.79 Å². The molecule has 0 atom stereocenters. The topological polar surface area (TPSA) is 85.6 Å². The third-order valence-electron chi connectivity index (χ3n) is 3.51. The molecule has 0 saturated carbocycles. The van der Waals surface area contributed by atoms with E-state index in [-0.39, 0.29) is 18.1 Å². The highest BCUT2D eigenvalue weighted by Crippen LogP contribution is 2.37. The molecule has 0 fully saturated rings. The number of hydrogen-bond acceptors (Lipinski definition) is 6. The number of nitrogens with zero attached hydrogens (tertiary/aromatic N) is 1. The number of halogens is 1. The summed E-state index contributed by atoms with van der Waals surface area (Å²) in [6.45, 7) is 3.61. The molecule has 0 heterocycles. The fraction of sp³-hybridized carbons (Fsp3) is 0.250. The Kier molecular flexibility index (Phi) is 7.38. The number of rotatable bonds is 8. The fourth-order valence-corrected chi connectivity index (χ4v) is 2.74. The van der Waals surface area contributed by atoms with Crippen LogP contribution in [0.25, 0.3) is 0 Å². The largest absolute Gasteiger partial charge is 0.490 e. The highest BCUT2D eigenvalue weighted by Gasteiger charge is 2.16. The second-order valence-electron chi connectivity index (χ2n) is 5.39. The van der Waals surface area contributed by atoms with Gasteiger partial charge in [0, 0.05) is 18.1 Å². The van der Waals surface area contributed by atoms with Crippen LogP contribution in [0.1, 0.15) is 36.2 Å². The second kappa shape index (κ2) is 9.74. The van der Waals surface area contributed by atoms with Gasteiger partial charge in [0.2, 0.25) is 0 Å². The molecule has 2 aromatic carbocycles. The number of carbonyl (C=O) groups is 2. The summed E-state index contributed by atoms with van der Waals surface area (Å²) in [6.07, 6.45) is 0.425. The van der Waals surface area contributed by atoms with Gasteiger partial charge in [0.1, 0.15) is 5.75 Å². The monoisotopic (exact) mass is 431 g/mol. The van der Waals surface area contributed by atoms with Crippen molar-refractivity contribution in [2.45, 2.75) is 20.3 Å². The number of benzene rings is 2. The average molecular weight is 432 g/mol. The van der Waals surface area contributed by atoms with Crippen LogP contribution < -0.4 is 14.2 Å². The lowest BCUT2D eigenvalue weighted by Crippen LogP contribution is -2.18. The Bertz CT molecular complexity index is 871. The van der Waals surface area contributed by atoms with Gasteiger partial charge in [-0.2, -0.15) is 5.26 Å². The van der Waals surface area contributed by atoms with Crippen molar-refractivity contribution < 1.29 is 23.8 Å².